The molecule has 11 heteroatoms. The van der Waals surface area contributed by atoms with Gasteiger partial charge in [0.15, 0.2) is 0 Å². The highest BCUT2D eigenvalue weighted by atomic mass is 35.5. The van der Waals surface area contributed by atoms with Crippen molar-refractivity contribution in [2.45, 2.75) is 42.2 Å². The number of benzene rings is 2. The van der Waals surface area contributed by atoms with E-state index >= 15 is 0 Å². The molecule has 1 saturated carbocycles. The molecule has 0 atom stereocenters. The number of nitrogens with zero attached hydrogens (tertiary/aromatic N) is 2. The summed E-state index contributed by atoms with van der Waals surface area (Å²) in [7, 11) is 1.65. The number of carbonyl (C=O) groups excluding carboxylic acids is 1. The Morgan fingerprint density at radius 3 is 2.19 bits per heavy atom. The molecule has 0 radical (unpaired) electrons. The van der Waals surface area contributed by atoms with Crippen LogP contribution in [0.3, 0.4) is 0 Å². The van der Waals surface area contributed by atoms with Crippen LogP contribution < -0.4 is 5.32 Å². The predicted molar refractivity (Wildman–Crippen MR) is 144 cm³/mol. The maximum atomic E-state index is 12.9. The molecule has 2 aromatic carbocycles. The summed E-state index contributed by atoms with van der Waals surface area (Å²) in [6.07, 6.45) is 3.60. The Morgan fingerprint density at radius 2 is 1.64 bits per heavy atom. The molecule has 3 rings (SSSR count). The standard InChI is InChI=1S/C25H32Cl3N3O4S/c1-30(2)25(18-7-5-4-6-8-18)11-9-20(10-12-25)29-23(32)17-35-14-13-31(3)36(33,34)24-21(27)15-19(26)16-22(24)28/h4-8,15-16,20H,9-14,17H2,1-3H3,(H,29,32). The topological polar surface area (TPSA) is 79.0 Å². The lowest BCUT2D eigenvalue weighted by Crippen LogP contribution is -2.49. The van der Waals surface area contributed by atoms with Gasteiger partial charge in [0.25, 0.3) is 0 Å². The van der Waals surface area contributed by atoms with Crippen LogP contribution in [-0.4, -0.2) is 70.5 Å². The number of hydrogen-bond donors (Lipinski definition) is 1. The van der Waals surface area contributed by atoms with Crippen molar-refractivity contribution in [1.29, 1.82) is 0 Å². The summed E-state index contributed by atoms with van der Waals surface area (Å²) >= 11 is 18.0. The minimum atomic E-state index is -3.96. The average Bonchev–Trinajstić information content (AvgIpc) is 2.81. The van der Waals surface area contributed by atoms with Gasteiger partial charge in [-0.25, -0.2) is 8.42 Å². The van der Waals surface area contributed by atoms with Crippen molar-refractivity contribution >= 4 is 50.7 Å². The first kappa shape index (κ1) is 29.2. The third-order valence-electron chi connectivity index (χ3n) is 6.76. The maximum absolute atomic E-state index is 12.9. The van der Waals surface area contributed by atoms with Gasteiger partial charge in [0.1, 0.15) is 11.5 Å². The van der Waals surface area contributed by atoms with E-state index in [9.17, 15) is 13.2 Å². The van der Waals surface area contributed by atoms with Crippen molar-refractivity contribution < 1.29 is 17.9 Å². The first-order valence-electron chi connectivity index (χ1n) is 11.7. The van der Waals surface area contributed by atoms with E-state index in [-0.39, 0.29) is 57.2 Å². The Morgan fingerprint density at radius 1 is 1.06 bits per heavy atom. The number of hydrogen-bond acceptors (Lipinski definition) is 5. The normalized spacial score (nSPS) is 20.6. The lowest BCUT2D eigenvalue weighted by molar-refractivity contribution is -0.126. The molecule has 1 aliphatic carbocycles. The van der Waals surface area contributed by atoms with E-state index in [1.807, 2.05) is 6.07 Å². The largest absolute Gasteiger partial charge is 0.370 e. The Labute approximate surface area is 228 Å². The van der Waals surface area contributed by atoms with E-state index in [1.54, 1.807) is 0 Å². The van der Waals surface area contributed by atoms with Crippen LogP contribution in [0.2, 0.25) is 15.1 Å². The number of halogens is 3. The molecule has 1 amide bonds. The van der Waals surface area contributed by atoms with Crippen LogP contribution in [0.1, 0.15) is 31.2 Å². The minimum absolute atomic E-state index is 0.0246. The van der Waals surface area contributed by atoms with Gasteiger partial charge >= 0.3 is 0 Å². The Kier molecular flexibility index (Phi) is 10.1. The molecule has 1 aliphatic rings. The highest BCUT2D eigenvalue weighted by Crippen LogP contribution is 2.41. The van der Waals surface area contributed by atoms with E-state index in [4.69, 9.17) is 39.5 Å². The van der Waals surface area contributed by atoms with Gasteiger partial charge < -0.3 is 10.1 Å². The van der Waals surface area contributed by atoms with Gasteiger partial charge in [-0.2, -0.15) is 4.31 Å². The van der Waals surface area contributed by atoms with Crippen LogP contribution in [0.4, 0.5) is 0 Å². The molecular weight excluding hydrogens is 545 g/mol. The zero-order valence-electron chi connectivity index (χ0n) is 20.6. The molecule has 1 N–H and O–H groups in total. The van der Waals surface area contributed by atoms with Gasteiger partial charge in [0.05, 0.1) is 16.7 Å². The number of ether oxygens (including phenoxy) is 1. The number of amides is 1. The summed E-state index contributed by atoms with van der Waals surface area (Å²) in [6.45, 7) is -0.0878. The molecular formula is C25H32Cl3N3O4S. The lowest BCUT2D eigenvalue weighted by atomic mass is 9.74. The maximum Gasteiger partial charge on any atom is 0.246 e. The second kappa shape index (κ2) is 12.4. The summed E-state index contributed by atoms with van der Waals surface area (Å²) in [4.78, 5) is 14.5. The van der Waals surface area contributed by atoms with Gasteiger partial charge in [-0.15, -0.1) is 0 Å². The second-order valence-corrected chi connectivity index (χ2v) is 12.4. The smallest absolute Gasteiger partial charge is 0.246 e. The van der Waals surface area contributed by atoms with Crippen LogP contribution in [0.25, 0.3) is 0 Å². The number of likely N-dealkylation sites (N-methyl/N-ethyl adjacent to an activating group) is 1. The van der Waals surface area contributed by atoms with Gasteiger partial charge in [-0.1, -0.05) is 65.1 Å². The van der Waals surface area contributed by atoms with Crippen molar-refractivity contribution in [1.82, 2.24) is 14.5 Å². The summed E-state index contributed by atoms with van der Waals surface area (Å²) in [6, 6.07) is 13.2. The van der Waals surface area contributed by atoms with Crippen LogP contribution in [0.5, 0.6) is 0 Å². The molecule has 1 fully saturated rings. The van der Waals surface area contributed by atoms with Crippen LogP contribution in [-0.2, 0) is 25.1 Å². The number of rotatable bonds is 10. The van der Waals surface area contributed by atoms with Crippen LogP contribution in [0, 0.1) is 0 Å². The van der Waals surface area contributed by atoms with Crippen molar-refractivity contribution in [3.8, 4) is 0 Å². The molecule has 0 bridgehead atoms. The quantitative estimate of drug-likeness (QED) is 0.411. The Hall–Kier alpha value is -1.39. The SMILES string of the molecule is CN(C)C1(c2ccccc2)CCC(NC(=O)COCCN(C)S(=O)(=O)c2c(Cl)cc(Cl)cc2Cl)CC1. The fraction of sp³-hybridized carbons (Fsp3) is 0.480. The van der Waals surface area contributed by atoms with Crippen LogP contribution in [0.15, 0.2) is 47.4 Å². The molecule has 0 aromatic heterocycles. The van der Waals surface area contributed by atoms with E-state index in [2.05, 4.69) is 48.6 Å². The summed E-state index contributed by atoms with van der Waals surface area (Å²) in [5.74, 6) is -0.216. The number of carbonyl (C=O) groups is 1. The molecule has 7 nitrogen and oxygen atoms in total. The first-order chi connectivity index (χ1) is 17.0. The molecule has 0 spiro atoms. The zero-order chi connectivity index (χ0) is 26.5. The first-order valence-corrected chi connectivity index (χ1v) is 14.3. The van der Waals surface area contributed by atoms with Gasteiger partial charge in [-0.3, -0.25) is 9.69 Å². The van der Waals surface area contributed by atoms with E-state index < -0.39 is 10.0 Å². The fourth-order valence-electron chi connectivity index (χ4n) is 4.66. The molecule has 0 unspecified atom stereocenters. The lowest BCUT2D eigenvalue weighted by Gasteiger charge is -2.45. The van der Waals surface area contributed by atoms with E-state index in [0.717, 1.165) is 30.0 Å². The highest BCUT2D eigenvalue weighted by molar-refractivity contribution is 7.89. The molecule has 0 heterocycles. The summed E-state index contributed by atoms with van der Waals surface area (Å²) < 4.78 is 32.2. The minimum Gasteiger partial charge on any atom is -0.370 e. The molecule has 2 aromatic rings. The van der Waals surface area contributed by atoms with Crippen LogP contribution >= 0.6 is 34.8 Å². The monoisotopic (exact) mass is 575 g/mol. The summed E-state index contributed by atoms with van der Waals surface area (Å²) in [5, 5.41) is 3.18. The van der Waals surface area contributed by atoms with Crippen molar-refractivity contribution in [3.63, 3.8) is 0 Å². The van der Waals surface area contributed by atoms with Crippen molar-refractivity contribution in [2.75, 3.05) is 40.9 Å². The molecule has 0 aliphatic heterocycles. The molecule has 36 heavy (non-hydrogen) atoms. The highest BCUT2D eigenvalue weighted by Gasteiger charge is 2.39. The Bertz CT molecular complexity index is 1130. The van der Waals surface area contributed by atoms with E-state index in [0.29, 0.717) is 0 Å². The Balaban J connectivity index is 1.45. The fourth-order valence-corrected chi connectivity index (χ4v) is 7.30. The third-order valence-corrected chi connectivity index (χ3v) is 9.76. The van der Waals surface area contributed by atoms with E-state index in [1.165, 1.54) is 24.7 Å². The predicted octanol–water partition coefficient (Wildman–Crippen LogP) is 4.80. The number of nitrogens with one attached hydrogen (secondary N) is 1. The third kappa shape index (κ3) is 6.72. The molecule has 198 valence electrons. The van der Waals surface area contributed by atoms with Gasteiger partial charge in [0.2, 0.25) is 15.9 Å². The second-order valence-electron chi connectivity index (χ2n) is 9.21. The average molecular weight is 577 g/mol. The van der Waals surface area contributed by atoms with Gasteiger partial charge in [-0.05, 0) is 57.5 Å². The summed E-state index contributed by atoms with van der Waals surface area (Å²) in [5.41, 5.74) is 1.26. The number of sulfonamides is 1. The van der Waals surface area contributed by atoms with Crippen molar-refractivity contribution in [2.24, 2.45) is 0 Å². The van der Waals surface area contributed by atoms with Crippen molar-refractivity contribution in [3.05, 3.63) is 63.1 Å². The molecule has 0 saturated heterocycles. The van der Waals surface area contributed by atoms with Gasteiger partial charge in [0, 0.05) is 30.2 Å². The zero-order valence-corrected chi connectivity index (χ0v) is 23.7.